The van der Waals surface area contributed by atoms with Crippen LogP contribution in [0.25, 0.3) is 0 Å². The first kappa shape index (κ1) is 24.7. The molecule has 1 amide bonds. The predicted octanol–water partition coefficient (Wildman–Crippen LogP) is 4.07. The number of anilines is 1. The minimum Gasteiger partial charge on any atom is -0.494 e. The van der Waals surface area contributed by atoms with Gasteiger partial charge in [-0.25, -0.2) is 8.42 Å². The van der Waals surface area contributed by atoms with Crippen LogP contribution >= 0.6 is 0 Å². The quantitative estimate of drug-likeness (QED) is 0.565. The molecule has 1 N–H and O–H groups in total. The highest BCUT2D eigenvalue weighted by atomic mass is 32.2. The summed E-state index contributed by atoms with van der Waals surface area (Å²) >= 11 is 0. The fourth-order valence-corrected chi connectivity index (χ4v) is 4.84. The molecule has 2 rings (SSSR count). The van der Waals surface area contributed by atoms with Crippen molar-refractivity contribution in [3.8, 4) is 5.75 Å². The van der Waals surface area contributed by atoms with E-state index in [1.54, 1.807) is 24.3 Å². The topological polar surface area (TPSA) is 75.7 Å². The van der Waals surface area contributed by atoms with Crippen LogP contribution < -0.4 is 14.4 Å². The number of benzene rings is 2. The monoisotopic (exact) mass is 446 g/mol. The lowest BCUT2D eigenvalue weighted by Crippen LogP contribution is -2.49. The Morgan fingerprint density at radius 1 is 1.00 bits per heavy atom. The third-order valence-corrected chi connectivity index (χ3v) is 6.42. The van der Waals surface area contributed by atoms with Crippen LogP contribution in [0.1, 0.15) is 50.8 Å². The molecular formula is C24H34N2O4S. The van der Waals surface area contributed by atoms with Crippen LogP contribution in [0.2, 0.25) is 0 Å². The molecule has 0 fully saturated rings. The van der Waals surface area contributed by atoms with E-state index in [4.69, 9.17) is 4.74 Å². The lowest BCUT2D eigenvalue weighted by molar-refractivity contribution is -0.122. The molecule has 6 nitrogen and oxygen atoms in total. The predicted molar refractivity (Wildman–Crippen MR) is 126 cm³/mol. The molecule has 0 aliphatic rings. The van der Waals surface area contributed by atoms with E-state index in [0.29, 0.717) is 31.0 Å². The number of nitrogens with one attached hydrogen (secondary N) is 1. The lowest BCUT2D eigenvalue weighted by Gasteiger charge is -2.30. The van der Waals surface area contributed by atoms with E-state index < -0.39 is 16.1 Å². The van der Waals surface area contributed by atoms with Crippen LogP contribution in [0.15, 0.2) is 42.5 Å². The van der Waals surface area contributed by atoms with Gasteiger partial charge in [0.25, 0.3) is 0 Å². The van der Waals surface area contributed by atoms with Crippen molar-refractivity contribution in [2.45, 2.75) is 59.5 Å². The van der Waals surface area contributed by atoms with Gasteiger partial charge >= 0.3 is 0 Å². The molecule has 0 spiro atoms. The number of ether oxygens (including phenoxy) is 1. The van der Waals surface area contributed by atoms with Gasteiger partial charge in [0.15, 0.2) is 0 Å². The number of amides is 1. The molecule has 0 radical (unpaired) electrons. The van der Waals surface area contributed by atoms with E-state index in [9.17, 15) is 13.2 Å². The number of hydrogen-bond donors (Lipinski definition) is 1. The molecule has 0 saturated carbocycles. The van der Waals surface area contributed by atoms with Crippen molar-refractivity contribution >= 4 is 21.6 Å². The van der Waals surface area contributed by atoms with Gasteiger partial charge in [-0.05, 0) is 67.1 Å². The van der Waals surface area contributed by atoms with Gasteiger partial charge in [0, 0.05) is 6.54 Å². The average molecular weight is 447 g/mol. The van der Waals surface area contributed by atoms with Crippen molar-refractivity contribution in [2.75, 3.05) is 17.2 Å². The van der Waals surface area contributed by atoms with Gasteiger partial charge in [-0.3, -0.25) is 9.10 Å². The van der Waals surface area contributed by atoms with Gasteiger partial charge in [0.05, 0.1) is 18.6 Å². The van der Waals surface area contributed by atoms with Crippen LogP contribution in [0.5, 0.6) is 5.75 Å². The highest BCUT2D eigenvalue weighted by Gasteiger charge is 2.31. The van der Waals surface area contributed by atoms with E-state index in [-0.39, 0.29) is 5.91 Å². The molecule has 0 unspecified atom stereocenters. The smallest absolute Gasteiger partial charge is 0.244 e. The molecule has 0 aliphatic carbocycles. The van der Waals surface area contributed by atoms with Crippen LogP contribution in [0.4, 0.5) is 5.69 Å². The first-order valence-corrected chi connectivity index (χ1v) is 12.7. The molecule has 0 heterocycles. The van der Waals surface area contributed by atoms with Gasteiger partial charge in [-0.2, -0.15) is 0 Å². The maximum Gasteiger partial charge on any atom is 0.244 e. The first-order valence-electron chi connectivity index (χ1n) is 10.9. The minimum atomic E-state index is -3.67. The number of carbonyl (C=O) groups excluding carboxylic acids is 1. The van der Waals surface area contributed by atoms with Crippen molar-refractivity contribution in [1.29, 1.82) is 0 Å². The molecule has 7 heteroatoms. The highest BCUT2D eigenvalue weighted by molar-refractivity contribution is 7.92. The zero-order valence-corrected chi connectivity index (χ0v) is 20.0. The van der Waals surface area contributed by atoms with E-state index in [1.807, 2.05) is 13.8 Å². The maximum atomic E-state index is 13.1. The average Bonchev–Trinajstić information content (AvgIpc) is 2.75. The largest absolute Gasteiger partial charge is 0.494 e. The van der Waals surface area contributed by atoms with Crippen LogP contribution in [0.3, 0.4) is 0 Å². The number of sulfonamides is 1. The van der Waals surface area contributed by atoms with Gasteiger partial charge in [-0.1, -0.05) is 39.0 Å². The zero-order valence-electron chi connectivity index (χ0n) is 19.1. The standard InChI is InChI=1S/C24H34N2O4S/c1-6-18-10-11-19(7-2)20(16-18)17-25-24(27)23(8-3)26(31(5,28)29)21-12-14-22(15-13-21)30-9-4/h10-16,23H,6-9,17H2,1-5H3,(H,25,27)/t23-/m1/s1. The third kappa shape index (κ3) is 6.47. The Hall–Kier alpha value is -2.54. The second kappa shape index (κ2) is 11.2. The summed E-state index contributed by atoms with van der Waals surface area (Å²) < 4.78 is 31.9. The Bertz CT molecular complexity index is 972. The summed E-state index contributed by atoms with van der Waals surface area (Å²) in [7, 11) is -3.67. The number of nitrogens with zero attached hydrogens (tertiary/aromatic N) is 1. The van der Waals surface area contributed by atoms with Crippen LogP contribution in [0, 0.1) is 0 Å². The Balaban J connectivity index is 2.27. The third-order valence-electron chi connectivity index (χ3n) is 5.24. The fraction of sp³-hybridized carbons (Fsp3) is 0.458. The fourth-order valence-electron chi connectivity index (χ4n) is 3.63. The Labute approximate surface area is 186 Å². The molecule has 2 aromatic carbocycles. The number of rotatable bonds is 11. The summed E-state index contributed by atoms with van der Waals surface area (Å²) in [6, 6.07) is 12.2. The van der Waals surface area contributed by atoms with Crippen molar-refractivity contribution in [3.63, 3.8) is 0 Å². The summed E-state index contributed by atoms with van der Waals surface area (Å²) in [6.07, 6.45) is 3.26. The van der Waals surface area contributed by atoms with E-state index in [2.05, 4.69) is 37.4 Å². The van der Waals surface area contributed by atoms with Crippen molar-refractivity contribution in [3.05, 3.63) is 59.2 Å². The summed E-state index contributed by atoms with van der Waals surface area (Å²) in [5.74, 6) is 0.339. The summed E-state index contributed by atoms with van der Waals surface area (Å²) in [4.78, 5) is 13.1. The van der Waals surface area contributed by atoms with Crippen LogP contribution in [-0.2, 0) is 34.2 Å². The Morgan fingerprint density at radius 3 is 2.19 bits per heavy atom. The van der Waals surface area contributed by atoms with E-state index in [0.717, 1.165) is 24.7 Å². The van der Waals surface area contributed by atoms with E-state index >= 15 is 0 Å². The second-order valence-corrected chi connectivity index (χ2v) is 9.30. The van der Waals surface area contributed by atoms with Gasteiger partial charge in [-0.15, -0.1) is 0 Å². The molecular weight excluding hydrogens is 412 g/mol. The first-order chi connectivity index (χ1) is 14.7. The summed E-state index contributed by atoms with van der Waals surface area (Å²) in [6.45, 7) is 8.76. The molecule has 170 valence electrons. The van der Waals surface area contributed by atoms with Gasteiger partial charge < -0.3 is 10.1 Å². The Kier molecular flexibility index (Phi) is 8.92. The van der Waals surface area contributed by atoms with Gasteiger partial charge in [0.1, 0.15) is 11.8 Å². The van der Waals surface area contributed by atoms with Crippen molar-refractivity contribution < 1.29 is 17.9 Å². The summed E-state index contributed by atoms with van der Waals surface area (Å²) in [5.41, 5.74) is 3.89. The highest BCUT2D eigenvalue weighted by Crippen LogP contribution is 2.25. The number of hydrogen-bond acceptors (Lipinski definition) is 4. The SMILES string of the molecule is CCOc1ccc(N([C@H](CC)C(=O)NCc2cc(CC)ccc2CC)S(C)(=O)=O)cc1. The molecule has 0 saturated heterocycles. The zero-order chi connectivity index (χ0) is 23.0. The minimum absolute atomic E-state index is 0.314. The summed E-state index contributed by atoms with van der Waals surface area (Å²) in [5, 5.41) is 2.96. The normalized spacial score (nSPS) is 12.3. The number of aryl methyl sites for hydroxylation is 2. The molecule has 31 heavy (non-hydrogen) atoms. The second-order valence-electron chi connectivity index (χ2n) is 7.44. The molecule has 0 aromatic heterocycles. The van der Waals surface area contributed by atoms with Crippen LogP contribution in [-0.4, -0.2) is 33.2 Å². The molecule has 0 bridgehead atoms. The maximum absolute atomic E-state index is 13.1. The lowest BCUT2D eigenvalue weighted by atomic mass is 10.0. The van der Waals surface area contributed by atoms with Crippen molar-refractivity contribution in [2.24, 2.45) is 0 Å². The molecule has 0 aliphatic heterocycles. The number of carbonyl (C=O) groups is 1. The van der Waals surface area contributed by atoms with E-state index in [1.165, 1.54) is 15.4 Å². The van der Waals surface area contributed by atoms with Crippen molar-refractivity contribution in [1.82, 2.24) is 5.32 Å². The molecule has 1 atom stereocenters. The van der Waals surface area contributed by atoms with Gasteiger partial charge in [0.2, 0.25) is 15.9 Å². The molecule has 2 aromatic rings. The Morgan fingerprint density at radius 2 is 1.68 bits per heavy atom.